The molecule has 4 nitrogen and oxygen atoms in total. The Morgan fingerprint density at radius 3 is 2.38 bits per heavy atom. The maximum absolute atomic E-state index is 12.3. The summed E-state index contributed by atoms with van der Waals surface area (Å²) in [6, 6.07) is 2.83. The molecule has 0 fully saturated rings. The molecule has 1 aliphatic heterocycles. The predicted octanol–water partition coefficient (Wildman–Crippen LogP) is 1.74. The van der Waals surface area contributed by atoms with E-state index >= 15 is 0 Å². The second-order valence-electron chi connectivity index (χ2n) is 3.13. The fraction of sp³-hybridized carbons (Fsp3) is 0.222. The number of anilines is 1. The van der Waals surface area contributed by atoms with Gasteiger partial charge in [-0.15, -0.1) is 0 Å². The van der Waals surface area contributed by atoms with Crippen molar-refractivity contribution in [2.45, 2.75) is 12.6 Å². The lowest BCUT2D eigenvalue weighted by Gasteiger charge is -2.10. The molecule has 0 unspecified atom stereocenters. The number of halogens is 3. The van der Waals surface area contributed by atoms with Crippen LogP contribution in [-0.4, -0.2) is 22.8 Å². The van der Waals surface area contributed by atoms with Gasteiger partial charge in [-0.05, 0) is 12.1 Å². The maximum Gasteiger partial charge on any atom is 0.431 e. The molecule has 0 saturated carbocycles. The van der Waals surface area contributed by atoms with Gasteiger partial charge in [-0.3, -0.25) is 9.78 Å². The quantitative estimate of drug-likeness (QED) is 0.736. The number of pyridine rings is 1. The topological polar surface area (TPSA) is 45.6 Å². The standard InChI is InChI=1S/C9H6F3N3O/c10-9(11,12)7-5-8(16)15(14-7)6-1-3-13-4-2-6/h1-4H,5H2. The minimum absolute atomic E-state index is 0.277. The molecule has 7 heteroatoms. The first-order valence-electron chi connectivity index (χ1n) is 4.36. The summed E-state index contributed by atoms with van der Waals surface area (Å²) in [7, 11) is 0. The number of alkyl halides is 3. The highest BCUT2D eigenvalue weighted by Crippen LogP contribution is 2.27. The van der Waals surface area contributed by atoms with E-state index in [9.17, 15) is 18.0 Å². The van der Waals surface area contributed by atoms with Crippen molar-refractivity contribution in [1.82, 2.24) is 4.98 Å². The zero-order valence-corrected chi connectivity index (χ0v) is 7.90. The number of hydrogen-bond acceptors (Lipinski definition) is 3. The third-order valence-corrected chi connectivity index (χ3v) is 2.01. The molecule has 2 heterocycles. The molecule has 0 saturated heterocycles. The molecule has 0 aromatic carbocycles. The first kappa shape index (κ1) is 10.6. The highest BCUT2D eigenvalue weighted by atomic mass is 19.4. The van der Waals surface area contributed by atoms with Gasteiger partial charge in [0.25, 0.3) is 5.91 Å². The zero-order valence-electron chi connectivity index (χ0n) is 7.90. The first-order chi connectivity index (χ1) is 7.48. The Bertz CT molecular complexity index is 441. The Labute approximate surface area is 88.4 Å². The van der Waals surface area contributed by atoms with E-state index in [2.05, 4.69) is 10.1 Å². The van der Waals surface area contributed by atoms with Gasteiger partial charge in [0.1, 0.15) is 0 Å². The van der Waals surface area contributed by atoms with Crippen molar-refractivity contribution in [3.8, 4) is 0 Å². The van der Waals surface area contributed by atoms with Gasteiger partial charge in [-0.2, -0.15) is 18.3 Å². The van der Waals surface area contributed by atoms with Crippen molar-refractivity contribution in [2.24, 2.45) is 5.10 Å². The number of hydrazone groups is 1. The molecular weight excluding hydrogens is 223 g/mol. The van der Waals surface area contributed by atoms with Crippen LogP contribution in [0.5, 0.6) is 0 Å². The van der Waals surface area contributed by atoms with Crippen LogP contribution < -0.4 is 5.01 Å². The molecule has 2 rings (SSSR count). The van der Waals surface area contributed by atoms with Gasteiger partial charge in [-0.1, -0.05) is 0 Å². The third-order valence-electron chi connectivity index (χ3n) is 2.01. The largest absolute Gasteiger partial charge is 0.431 e. The smallest absolute Gasteiger partial charge is 0.272 e. The van der Waals surface area contributed by atoms with E-state index in [0.717, 1.165) is 5.01 Å². The van der Waals surface area contributed by atoms with Crippen LogP contribution in [0.1, 0.15) is 6.42 Å². The van der Waals surface area contributed by atoms with E-state index in [0.29, 0.717) is 0 Å². The zero-order chi connectivity index (χ0) is 11.8. The number of carbonyl (C=O) groups is 1. The summed E-state index contributed by atoms with van der Waals surface area (Å²) in [5.74, 6) is -0.696. The van der Waals surface area contributed by atoms with Crippen molar-refractivity contribution < 1.29 is 18.0 Å². The van der Waals surface area contributed by atoms with Gasteiger partial charge in [0.05, 0.1) is 12.1 Å². The summed E-state index contributed by atoms with van der Waals surface area (Å²) in [5, 5.41) is 4.00. The van der Waals surface area contributed by atoms with Gasteiger partial charge in [0.2, 0.25) is 0 Å². The molecule has 1 aromatic rings. The highest BCUT2D eigenvalue weighted by molar-refractivity contribution is 6.14. The molecule has 84 valence electrons. The third kappa shape index (κ3) is 1.88. The molecule has 0 aliphatic carbocycles. The van der Waals surface area contributed by atoms with Gasteiger partial charge < -0.3 is 0 Å². The molecule has 0 spiro atoms. The van der Waals surface area contributed by atoms with Crippen LogP contribution in [0.25, 0.3) is 0 Å². The second kappa shape index (κ2) is 3.58. The second-order valence-corrected chi connectivity index (χ2v) is 3.13. The van der Waals surface area contributed by atoms with Gasteiger partial charge >= 0.3 is 6.18 Å². The highest BCUT2D eigenvalue weighted by Gasteiger charge is 2.42. The lowest BCUT2D eigenvalue weighted by molar-refractivity contribution is -0.117. The average molecular weight is 229 g/mol. The van der Waals surface area contributed by atoms with E-state index in [4.69, 9.17) is 0 Å². The SMILES string of the molecule is O=C1CC(C(F)(F)F)=NN1c1ccncc1. The molecular formula is C9H6F3N3O. The molecule has 0 radical (unpaired) electrons. The van der Waals surface area contributed by atoms with Crippen LogP contribution >= 0.6 is 0 Å². The lowest BCUT2D eigenvalue weighted by Crippen LogP contribution is -2.22. The molecule has 16 heavy (non-hydrogen) atoms. The van der Waals surface area contributed by atoms with Crippen molar-refractivity contribution >= 4 is 17.3 Å². The summed E-state index contributed by atoms with van der Waals surface area (Å²) in [6.07, 6.45) is -2.52. The Balaban J connectivity index is 2.31. The van der Waals surface area contributed by atoms with Crippen LogP contribution in [0.15, 0.2) is 29.6 Å². The summed E-state index contributed by atoms with van der Waals surface area (Å²) in [6.45, 7) is 0. The number of rotatable bonds is 1. The average Bonchev–Trinajstić information content (AvgIpc) is 2.61. The number of nitrogens with zero attached hydrogens (tertiary/aromatic N) is 3. The van der Waals surface area contributed by atoms with Gasteiger partial charge in [0, 0.05) is 12.4 Å². The molecule has 0 N–H and O–H groups in total. The van der Waals surface area contributed by atoms with E-state index in [1.54, 1.807) is 0 Å². The van der Waals surface area contributed by atoms with E-state index < -0.39 is 24.2 Å². The molecule has 0 atom stereocenters. The number of hydrogen-bond donors (Lipinski definition) is 0. The summed E-state index contributed by atoms with van der Waals surface area (Å²) < 4.78 is 36.9. The number of carbonyl (C=O) groups excluding carboxylic acids is 1. The predicted molar refractivity (Wildman–Crippen MR) is 49.8 cm³/mol. The summed E-state index contributed by atoms with van der Waals surface area (Å²) >= 11 is 0. The Kier molecular flexibility index (Phi) is 2.37. The van der Waals surface area contributed by atoms with Crippen LogP contribution in [0.3, 0.4) is 0 Å². The van der Waals surface area contributed by atoms with Crippen molar-refractivity contribution in [3.63, 3.8) is 0 Å². The normalized spacial score (nSPS) is 16.6. The Morgan fingerprint density at radius 1 is 1.25 bits per heavy atom. The molecule has 0 bridgehead atoms. The van der Waals surface area contributed by atoms with E-state index in [1.807, 2.05) is 0 Å². The van der Waals surface area contributed by atoms with Crippen molar-refractivity contribution in [1.29, 1.82) is 0 Å². The number of amides is 1. The van der Waals surface area contributed by atoms with Crippen molar-refractivity contribution in [2.75, 3.05) is 5.01 Å². The fourth-order valence-corrected chi connectivity index (χ4v) is 1.27. The van der Waals surface area contributed by atoms with Crippen LogP contribution in [0, 0.1) is 0 Å². The molecule has 1 aromatic heterocycles. The van der Waals surface area contributed by atoms with Crippen molar-refractivity contribution in [3.05, 3.63) is 24.5 Å². The monoisotopic (exact) mass is 229 g/mol. The first-order valence-corrected chi connectivity index (χ1v) is 4.36. The fourth-order valence-electron chi connectivity index (χ4n) is 1.27. The Hall–Kier alpha value is -1.92. The number of aromatic nitrogens is 1. The van der Waals surface area contributed by atoms with Crippen LogP contribution in [-0.2, 0) is 4.79 Å². The van der Waals surface area contributed by atoms with E-state index in [-0.39, 0.29) is 5.69 Å². The maximum atomic E-state index is 12.3. The van der Waals surface area contributed by atoms with Gasteiger partial charge in [0.15, 0.2) is 5.71 Å². The van der Waals surface area contributed by atoms with E-state index in [1.165, 1.54) is 24.5 Å². The lowest BCUT2D eigenvalue weighted by atomic mass is 10.2. The Morgan fingerprint density at radius 2 is 1.88 bits per heavy atom. The summed E-state index contributed by atoms with van der Waals surface area (Å²) in [4.78, 5) is 15.0. The minimum atomic E-state index is -4.56. The summed E-state index contributed by atoms with van der Waals surface area (Å²) in [5.41, 5.74) is -0.798. The van der Waals surface area contributed by atoms with Gasteiger partial charge in [-0.25, -0.2) is 5.01 Å². The van der Waals surface area contributed by atoms with Crippen LogP contribution in [0.4, 0.5) is 18.9 Å². The minimum Gasteiger partial charge on any atom is -0.272 e. The van der Waals surface area contributed by atoms with Crippen LogP contribution in [0.2, 0.25) is 0 Å². The molecule has 1 amide bonds. The molecule has 1 aliphatic rings.